The van der Waals surface area contributed by atoms with Crippen LogP contribution in [0.3, 0.4) is 0 Å². The van der Waals surface area contributed by atoms with Crippen LogP contribution in [0.2, 0.25) is 0 Å². The Morgan fingerprint density at radius 2 is 1.70 bits per heavy atom. The van der Waals surface area contributed by atoms with E-state index in [1.807, 2.05) is 42.5 Å². The molecule has 0 atom stereocenters. The highest BCUT2D eigenvalue weighted by atomic mass is 32.2. The van der Waals surface area contributed by atoms with Crippen molar-refractivity contribution in [3.8, 4) is 6.07 Å². The SMILES string of the molecule is Cc1ccc(CNC(=O)c2ccccc2Sc2ccccc2C#N)c(C)c1. The molecule has 0 unspecified atom stereocenters. The molecular formula is C23H20N2OS. The van der Waals surface area contributed by atoms with Gasteiger partial charge in [0, 0.05) is 16.3 Å². The summed E-state index contributed by atoms with van der Waals surface area (Å²) in [6.07, 6.45) is 0. The van der Waals surface area contributed by atoms with E-state index in [-0.39, 0.29) is 5.91 Å². The lowest BCUT2D eigenvalue weighted by atomic mass is 10.1. The first kappa shape index (κ1) is 18.8. The van der Waals surface area contributed by atoms with E-state index in [0.29, 0.717) is 17.7 Å². The Bertz CT molecular complexity index is 1020. The van der Waals surface area contributed by atoms with Crippen LogP contribution in [-0.2, 0) is 6.54 Å². The largest absolute Gasteiger partial charge is 0.348 e. The van der Waals surface area contributed by atoms with E-state index in [4.69, 9.17) is 0 Å². The Labute approximate surface area is 164 Å². The number of amides is 1. The van der Waals surface area contributed by atoms with E-state index in [0.717, 1.165) is 15.4 Å². The lowest BCUT2D eigenvalue weighted by Gasteiger charge is -2.12. The quantitative estimate of drug-likeness (QED) is 0.665. The molecule has 0 spiro atoms. The van der Waals surface area contributed by atoms with Crippen LogP contribution in [0.4, 0.5) is 0 Å². The lowest BCUT2D eigenvalue weighted by Crippen LogP contribution is -2.23. The Hall–Kier alpha value is -3.03. The number of carbonyl (C=O) groups is 1. The van der Waals surface area contributed by atoms with Crippen molar-refractivity contribution < 1.29 is 4.79 Å². The molecule has 134 valence electrons. The first-order valence-corrected chi connectivity index (χ1v) is 9.50. The van der Waals surface area contributed by atoms with Crippen LogP contribution < -0.4 is 5.32 Å². The summed E-state index contributed by atoms with van der Waals surface area (Å²) in [7, 11) is 0. The van der Waals surface area contributed by atoms with Crippen molar-refractivity contribution in [2.75, 3.05) is 0 Å². The predicted molar refractivity (Wildman–Crippen MR) is 109 cm³/mol. The number of aryl methyl sites for hydroxylation is 2. The summed E-state index contributed by atoms with van der Waals surface area (Å²) >= 11 is 1.44. The number of nitrogens with zero attached hydrogens (tertiary/aromatic N) is 1. The summed E-state index contributed by atoms with van der Waals surface area (Å²) < 4.78 is 0. The number of carbonyl (C=O) groups excluding carboxylic acids is 1. The molecule has 3 aromatic carbocycles. The molecule has 1 amide bonds. The van der Waals surface area contributed by atoms with Gasteiger partial charge in [0.2, 0.25) is 0 Å². The lowest BCUT2D eigenvalue weighted by molar-refractivity contribution is 0.0948. The first-order valence-electron chi connectivity index (χ1n) is 8.69. The van der Waals surface area contributed by atoms with Crippen LogP contribution in [0.25, 0.3) is 0 Å². The van der Waals surface area contributed by atoms with Crippen molar-refractivity contribution in [1.82, 2.24) is 5.32 Å². The fourth-order valence-corrected chi connectivity index (χ4v) is 3.85. The van der Waals surface area contributed by atoms with Crippen LogP contribution in [0.1, 0.15) is 32.6 Å². The number of nitriles is 1. The van der Waals surface area contributed by atoms with Crippen LogP contribution in [-0.4, -0.2) is 5.91 Å². The second-order valence-electron chi connectivity index (χ2n) is 6.32. The fourth-order valence-electron chi connectivity index (χ4n) is 2.82. The number of hydrogen-bond acceptors (Lipinski definition) is 3. The molecule has 0 aliphatic carbocycles. The van der Waals surface area contributed by atoms with E-state index in [2.05, 4.69) is 43.4 Å². The number of rotatable bonds is 5. The molecule has 0 saturated heterocycles. The summed E-state index contributed by atoms with van der Waals surface area (Å²) in [4.78, 5) is 14.4. The third kappa shape index (κ3) is 4.58. The van der Waals surface area contributed by atoms with Gasteiger partial charge in [0.05, 0.1) is 11.1 Å². The molecule has 4 heteroatoms. The highest BCUT2D eigenvalue weighted by Gasteiger charge is 2.13. The number of benzene rings is 3. The second kappa shape index (κ2) is 8.57. The standard InChI is InChI=1S/C23H20N2OS/c1-16-11-12-19(17(2)13-16)15-25-23(26)20-8-4-6-10-22(20)27-21-9-5-3-7-18(21)14-24/h3-13H,15H2,1-2H3,(H,25,26). The van der Waals surface area contributed by atoms with Gasteiger partial charge in [-0.1, -0.05) is 59.8 Å². The average Bonchev–Trinajstić information content (AvgIpc) is 2.68. The maximum Gasteiger partial charge on any atom is 0.252 e. The molecule has 3 rings (SSSR count). The summed E-state index contributed by atoms with van der Waals surface area (Å²) in [5.41, 5.74) is 4.70. The van der Waals surface area contributed by atoms with E-state index < -0.39 is 0 Å². The zero-order valence-electron chi connectivity index (χ0n) is 15.3. The normalized spacial score (nSPS) is 10.3. The first-order chi connectivity index (χ1) is 13.1. The van der Waals surface area contributed by atoms with Crippen molar-refractivity contribution in [1.29, 1.82) is 5.26 Å². The Balaban J connectivity index is 1.79. The van der Waals surface area contributed by atoms with Gasteiger partial charge in [-0.15, -0.1) is 0 Å². The Morgan fingerprint density at radius 1 is 1.00 bits per heavy atom. The number of nitrogens with one attached hydrogen (secondary N) is 1. The molecule has 0 aliphatic heterocycles. The summed E-state index contributed by atoms with van der Waals surface area (Å²) in [6.45, 7) is 4.59. The third-order valence-electron chi connectivity index (χ3n) is 4.30. The van der Waals surface area contributed by atoms with Crippen LogP contribution in [0.5, 0.6) is 0 Å². The summed E-state index contributed by atoms with van der Waals surface area (Å²) in [6, 6.07) is 23.3. The van der Waals surface area contributed by atoms with E-state index >= 15 is 0 Å². The molecule has 0 aromatic heterocycles. The smallest absolute Gasteiger partial charge is 0.252 e. The number of hydrogen-bond donors (Lipinski definition) is 1. The van der Waals surface area contributed by atoms with Gasteiger partial charge in [0.25, 0.3) is 5.91 Å². The topological polar surface area (TPSA) is 52.9 Å². The molecule has 27 heavy (non-hydrogen) atoms. The van der Waals surface area contributed by atoms with Gasteiger partial charge in [-0.3, -0.25) is 4.79 Å². The minimum atomic E-state index is -0.118. The van der Waals surface area contributed by atoms with Crippen molar-refractivity contribution >= 4 is 17.7 Å². The highest BCUT2D eigenvalue weighted by molar-refractivity contribution is 7.99. The van der Waals surface area contributed by atoms with Gasteiger partial charge >= 0.3 is 0 Å². The van der Waals surface area contributed by atoms with Gasteiger partial charge in [-0.2, -0.15) is 5.26 Å². The zero-order chi connectivity index (χ0) is 19.2. The Kier molecular flexibility index (Phi) is 5.95. The van der Waals surface area contributed by atoms with E-state index in [1.165, 1.54) is 22.9 Å². The van der Waals surface area contributed by atoms with Gasteiger partial charge in [-0.05, 0) is 49.2 Å². The third-order valence-corrected chi connectivity index (χ3v) is 5.45. The van der Waals surface area contributed by atoms with Gasteiger partial charge in [-0.25, -0.2) is 0 Å². The molecule has 0 heterocycles. The monoisotopic (exact) mass is 372 g/mol. The molecule has 0 radical (unpaired) electrons. The van der Waals surface area contributed by atoms with Crippen molar-refractivity contribution in [2.24, 2.45) is 0 Å². The van der Waals surface area contributed by atoms with Crippen LogP contribution in [0, 0.1) is 25.2 Å². The van der Waals surface area contributed by atoms with E-state index in [9.17, 15) is 10.1 Å². The molecule has 0 fully saturated rings. The van der Waals surface area contributed by atoms with Gasteiger partial charge < -0.3 is 5.32 Å². The van der Waals surface area contributed by atoms with Crippen LogP contribution >= 0.6 is 11.8 Å². The molecular weight excluding hydrogens is 352 g/mol. The maximum atomic E-state index is 12.8. The summed E-state index contributed by atoms with van der Waals surface area (Å²) in [5, 5.41) is 12.3. The van der Waals surface area contributed by atoms with Crippen molar-refractivity contribution in [3.05, 3.63) is 94.5 Å². The predicted octanol–water partition coefficient (Wildman–Crippen LogP) is 5.26. The molecule has 3 aromatic rings. The van der Waals surface area contributed by atoms with Gasteiger partial charge in [0.15, 0.2) is 0 Å². The molecule has 1 N–H and O–H groups in total. The van der Waals surface area contributed by atoms with Crippen molar-refractivity contribution in [2.45, 2.75) is 30.2 Å². The molecule has 0 aliphatic rings. The zero-order valence-corrected chi connectivity index (χ0v) is 16.1. The minimum absolute atomic E-state index is 0.118. The van der Waals surface area contributed by atoms with Gasteiger partial charge in [0.1, 0.15) is 6.07 Å². The molecule has 0 bridgehead atoms. The second-order valence-corrected chi connectivity index (χ2v) is 7.40. The fraction of sp³-hybridized carbons (Fsp3) is 0.130. The molecule has 0 saturated carbocycles. The molecule has 3 nitrogen and oxygen atoms in total. The maximum absolute atomic E-state index is 12.8. The van der Waals surface area contributed by atoms with Crippen LogP contribution in [0.15, 0.2) is 76.5 Å². The highest BCUT2D eigenvalue weighted by Crippen LogP contribution is 2.32. The van der Waals surface area contributed by atoms with Crippen molar-refractivity contribution in [3.63, 3.8) is 0 Å². The Morgan fingerprint density at radius 3 is 2.44 bits per heavy atom. The minimum Gasteiger partial charge on any atom is -0.348 e. The average molecular weight is 372 g/mol. The van der Waals surface area contributed by atoms with E-state index in [1.54, 1.807) is 6.07 Å². The summed E-state index contributed by atoms with van der Waals surface area (Å²) in [5.74, 6) is -0.118.